The van der Waals surface area contributed by atoms with Crippen molar-refractivity contribution in [3.05, 3.63) is 34.9 Å². The summed E-state index contributed by atoms with van der Waals surface area (Å²) < 4.78 is 5.30. The predicted octanol–water partition coefficient (Wildman–Crippen LogP) is 2.73. The minimum Gasteiger partial charge on any atom is -0.382 e. The van der Waals surface area contributed by atoms with E-state index >= 15 is 0 Å². The molecule has 1 atom stereocenters. The molecule has 0 spiro atoms. The molecule has 0 saturated heterocycles. The van der Waals surface area contributed by atoms with Gasteiger partial charge in [0.05, 0.1) is 0 Å². The van der Waals surface area contributed by atoms with Gasteiger partial charge in [0.1, 0.15) is 0 Å². The van der Waals surface area contributed by atoms with E-state index in [1.54, 1.807) is 0 Å². The zero-order chi connectivity index (χ0) is 11.3. The van der Waals surface area contributed by atoms with Gasteiger partial charge in [-0.05, 0) is 43.9 Å². The molecule has 0 aromatic heterocycles. The van der Waals surface area contributed by atoms with Crippen LogP contribution in [0.25, 0.3) is 0 Å². The minimum atomic E-state index is 0.0934. The van der Waals surface area contributed by atoms with E-state index in [0.717, 1.165) is 19.6 Å². The highest BCUT2D eigenvalue weighted by atomic mass is 16.5. The van der Waals surface area contributed by atoms with Crippen LogP contribution in [0, 0.1) is 13.8 Å². The Hall–Kier alpha value is -0.860. The number of rotatable bonds is 5. The largest absolute Gasteiger partial charge is 0.382 e. The van der Waals surface area contributed by atoms with Gasteiger partial charge in [0.2, 0.25) is 0 Å². The Morgan fingerprint density at radius 2 is 2.00 bits per heavy atom. The van der Waals surface area contributed by atoms with E-state index in [1.165, 1.54) is 16.7 Å². The highest BCUT2D eigenvalue weighted by molar-refractivity contribution is 5.31. The van der Waals surface area contributed by atoms with Crippen LogP contribution in [0.5, 0.6) is 0 Å². The van der Waals surface area contributed by atoms with Gasteiger partial charge in [-0.25, -0.2) is 0 Å². The maximum atomic E-state index is 6.07. The summed E-state index contributed by atoms with van der Waals surface area (Å²) in [6, 6.07) is 6.51. The van der Waals surface area contributed by atoms with Gasteiger partial charge in [-0.3, -0.25) is 0 Å². The molecule has 0 saturated carbocycles. The Kier molecular flexibility index (Phi) is 4.79. The number of aryl methyl sites for hydroxylation is 2. The Morgan fingerprint density at radius 3 is 2.60 bits per heavy atom. The zero-order valence-corrected chi connectivity index (χ0v) is 9.92. The van der Waals surface area contributed by atoms with E-state index in [0.29, 0.717) is 0 Å². The third-order valence-corrected chi connectivity index (χ3v) is 2.74. The topological polar surface area (TPSA) is 35.2 Å². The number of nitrogens with two attached hydrogens (primary N) is 1. The summed E-state index contributed by atoms with van der Waals surface area (Å²) in [6.45, 7) is 7.74. The Morgan fingerprint density at radius 1 is 1.27 bits per heavy atom. The predicted molar refractivity (Wildman–Crippen MR) is 64.0 cm³/mol. The van der Waals surface area contributed by atoms with Crippen molar-refractivity contribution in [3.63, 3.8) is 0 Å². The summed E-state index contributed by atoms with van der Waals surface area (Å²) in [6.07, 6.45) is 0.885. The molecule has 1 aromatic rings. The van der Waals surface area contributed by atoms with Crippen molar-refractivity contribution in [3.8, 4) is 0 Å². The second-order valence-corrected chi connectivity index (χ2v) is 3.94. The highest BCUT2D eigenvalue weighted by Gasteiger charge is 2.06. The maximum Gasteiger partial charge on any atom is 0.0483 e. The molecule has 2 heteroatoms. The second kappa shape index (κ2) is 5.89. The first-order chi connectivity index (χ1) is 7.15. The van der Waals surface area contributed by atoms with E-state index in [1.807, 2.05) is 6.92 Å². The third-order valence-electron chi connectivity index (χ3n) is 2.74. The molecule has 0 amide bonds. The van der Waals surface area contributed by atoms with Crippen LogP contribution in [0.1, 0.15) is 36.1 Å². The lowest BCUT2D eigenvalue weighted by Gasteiger charge is -2.13. The summed E-state index contributed by atoms with van der Waals surface area (Å²) in [5, 5.41) is 0. The van der Waals surface area contributed by atoms with Crippen molar-refractivity contribution in [1.82, 2.24) is 0 Å². The van der Waals surface area contributed by atoms with Crippen molar-refractivity contribution in [2.24, 2.45) is 5.73 Å². The lowest BCUT2D eigenvalue weighted by molar-refractivity contribution is 0.140. The van der Waals surface area contributed by atoms with E-state index in [-0.39, 0.29) is 6.04 Å². The van der Waals surface area contributed by atoms with Crippen LogP contribution in [0.15, 0.2) is 18.2 Å². The SMILES string of the molecule is CCOCCC(N)c1ccc(C)c(C)c1. The van der Waals surface area contributed by atoms with Gasteiger partial charge in [-0.15, -0.1) is 0 Å². The summed E-state index contributed by atoms with van der Waals surface area (Å²) in [7, 11) is 0. The molecule has 0 bridgehead atoms. The molecule has 2 N–H and O–H groups in total. The Bertz CT molecular complexity index is 309. The highest BCUT2D eigenvalue weighted by Crippen LogP contribution is 2.17. The summed E-state index contributed by atoms with van der Waals surface area (Å²) in [5.41, 5.74) is 9.90. The Balaban J connectivity index is 2.57. The summed E-state index contributed by atoms with van der Waals surface area (Å²) >= 11 is 0. The van der Waals surface area contributed by atoms with Crippen molar-refractivity contribution in [2.45, 2.75) is 33.2 Å². The summed E-state index contributed by atoms with van der Waals surface area (Å²) in [5.74, 6) is 0. The molecule has 0 aliphatic carbocycles. The fourth-order valence-electron chi connectivity index (χ4n) is 1.52. The standard InChI is InChI=1S/C13H21NO/c1-4-15-8-7-13(14)12-6-5-10(2)11(3)9-12/h5-6,9,13H,4,7-8,14H2,1-3H3. The first kappa shape index (κ1) is 12.2. The first-order valence-corrected chi connectivity index (χ1v) is 5.55. The van der Waals surface area contributed by atoms with Gasteiger partial charge < -0.3 is 10.5 Å². The first-order valence-electron chi connectivity index (χ1n) is 5.55. The van der Waals surface area contributed by atoms with E-state index in [9.17, 15) is 0 Å². The molecule has 15 heavy (non-hydrogen) atoms. The van der Waals surface area contributed by atoms with Gasteiger partial charge in [-0.2, -0.15) is 0 Å². The lowest BCUT2D eigenvalue weighted by atomic mass is 10.00. The van der Waals surface area contributed by atoms with Crippen molar-refractivity contribution in [2.75, 3.05) is 13.2 Å². The average Bonchev–Trinajstić information content (AvgIpc) is 2.22. The van der Waals surface area contributed by atoms with Crippen LogP contribution in [0.2, 0.25) is 0 Å². The van der Waals surface area contributed by atoms with Gasteiger partial charge >= 0.3 is 0 Å². The van der Waals surface area contributed by atoms with E-state index < -0.39 is 0 Å². The fourth-order valence-corrected chi connectivity index (χ4v) is 1.52. The molecular weight excluding hydrogens is 186 g/mol. The number of benzene rings is 1. The molecule has 0 fully saturated rings. The lowest BCUT2D eigenvalue weighted by Crippen LogP contribution is -2.13. The van der Waals surface area contributed by atoms with Crippen molar-refractivity contribution < 1.29 is 4.74 Å². The molecule has 84 valence electrons. The molecule has 0 aliphatic rings. The van der Waals surface area contributed by atoms with Crippen molar-refractivity contribution >= 4 is 0 Å². The minimum absolute atomic E-state index is 0.0934. The fraction of sp³-hybridized carbons (Fsp3) is 0.538. The third kappa shape index (κ3) is 3.65. The molecule has 0 heterocycles. The Labute approximate surface area is 92.4 Å². The van der Waals surface area contributed by atoms with Crippen LogP contribution >= 0.6 is 0 Å². The average molecular weight is 207 g/mol. The quantitative estimate of drug-likeness (QED) is 0.753. The van der Waals surface area contributed by atoms with Crippen LogP contribution < -0.4 is 5.73 Å². The van der Waals surface area contributed by atoms with Gasteiger partial charge in [0.25, 0.3) is 0 Å². The number of ether oxygens (including phenoxy) is 1. The zero-order valence-electron chi connectivity index (χ0n) is 9.92. The van der Waals surface area contributed by atoms with Crippen LogP contribution in [-0.4, -0.2) is 13.2 Å². The number of hydrogen-bond acceptors (Lipinski definition) is 2. The molecule has 2 nitrogen and oxygen atoms in total. The molecule has 1 unspecified atom stereocenters. The normalized spacial score (nSPS) is 12.8. The molecular formula is C13H21NO. The van der Waals surface area contributed by atoms with E-state index in [2.05, 4.69) is 32.0 Å². The molecule has 1 aromatic carbocycles. The van der Waals surface area contributed by atoms with Gasteiger partial charge in [0, 0.05) is 19.3 Å². The van der Waals surface area contributed by atoms with Gasteiger partial charge in [-0.1, -0.05) is 18.2 Å². The van der Waals surface area contributed by atoms with Gasteiger partial charge in [0.15, 0.2) is 0 Å². The summed E-state index contributed by atoms with van der Waals surface area (Å²) in [4.78, 5) is 0. The molecule has 1 rings (SSSR count). The van der Waals surface area contributed by atoms with Crippen molar-refractivity contribution in [1.29, 1.82) is 0 Å². The molecule has 0 aliphatic heterocycles. The second-order valence-electron chi connectivity index (χ2n) is 3.94. The van der Waals surface area contributed by atoms with Crippen LogP contribution in [0.4, 0.5) is 0 Å². The van der Waals surface area contributed by atoms with E-state index in [4.69, 9.17) is 10.5 Å². The monoisotopic (exact) mass is 207 g/mol. The maximum absolute atomic E-state index is 6.07. The number of hydrogen-bond donors (Lipinski definition) is 1. The van der Waals surface area contributed by atoms with Crippen LogP contribution in [0.3, 0.4) is 0 Å². The van der Waals surface area contributed by atoms with Crippen LogP contribution in [-0.2, 0) is 4.74 Å². The molecule has 0 radical (unpaired) electrons. The smallest absolute Gasteiger partial charge is 0.0483 e.